The number of ketones is 1. The van der Waals surface area contributed by atoms with Crippen molar-refractivity contribution in [2.75, 3.05) is 13.7 Å². The summed E-state index contributed by atoms with van der Waals surface area (Å²) < 4.78 is 16.5. The van der Waals surface area contributed by atoms with Crippen LogP contribution in [-0.2, 0) is 0 Å². The fourth-order valence-electron chi connectivity index (χ4n) is 2.60. The molecule has 0 saturated carbocycles. The fourth-order valence-corrected chi connectivity index (χ4v) is 2.60. The minimum atomic E-state index is -1.10. The molecule has 0 saturated heterocycles. The predicted molar refractivity (Wildman–Crippen MR) is 90.5 cm³/mol. The second kappa shape index (κ2) is 6.68. The average Bonchev–Trinajstić information content (AvgIpc) is 2.91. The predicted octanol–water partition coefficient (Wildman–Crippen LogP) is 3.41. The summed E-state index contributed by atoms with van der Waals surface area (Å²) >= 11 is 0. The summed E-state index contributed by atoms with van der Waals surface area (Å²) in [5.41, 5.74) is 0.891. The zero-order valence-electron chi connectivity index (χ0n) is 13.7. The average molecular weight is 340 g/mol. The molecule has 1 aliphatic rings. The summed E-state index contributed by atoms with van der Waals surface area (Å²) in [5, 5.41) is 9.06. The number of Topliss-reactive ketones (excluding diaryl/α,β-unsaturated/α-hetero) is 1. The largest absolute Gasteiger partial charge is 0.492 e. The van der Waals surface area contributed by atoms with E-state index in [-0.39, 0.29) is 22.7 Å². The highest BCUT2D eigenvalue weighted by atomic mass is 16.5. The molecule has 0 bridgehead atoms. The van der Waals surface area contributed by atoms with E-state index in [1.807, 2.05) is 6.92 Å². The Hall–Kier alpha value is -3.28. The summed E-state index contributed by atoms with van der Waals surface area (Å²) in [6.45, 7) is 2.35. The topological polar surface area (TPSA) is 82.1 Å². The lowest BCUT2D eigenvalue weighted by molar-refractivity contribution is 0.0697. The molecule has 0 spiro atoms. The summed E-state index contributed by atoms with van der Waals surface area (Å²) in [7, 11) is 1.52. The van der Waals surface area contributed by atoms with Crippen LogP contribution in [0.25, 0.3) is 6.08 Å². The number of para-hydroxylation sites is 1. The monoisotopic (exact) mass is 340 g/mol. The molecule has 0 aromatic heterocycles. The summed E-state index contributed by atoms with van der Waals surface area (Å²) in [5.74, 6) is 0.0256. The Labute approximate surface area is 144 Å². The Morgan fingerprint density at radius 2 is 2.08 bits per heavy atom. The lowest BCUT2D eigenvalue weighted by Gasteiger charge is -2.11. The van der Waals surface area contributed by atoms with E-state index in [1.54, 1.807) is 24.3 Å². The maximum Gasteiger partial charge on any atom is 0.335 e. The van der Waals surface area contributed by atoms with Crippen LogP contribution in [0.2, 0.25) is 0 Å². The second-order valence-corrected chi connectivity index (χ2v) is 5.27. The van der Waals surface area contributed by atoms with Gasteiger partial charge in [-0.2, -0.15) is 0 Å². The van der Waals surface area contributed by atoms with Crippen LogP contribution in [0.5, 0.6) is 17.2 Å². The van der Waals surface area contributed by atoms with Crippen LogP contribution in [0.4, 0.5) is 0 Å². The number of carboxylic acids is 1. The van der Waals surface area contributed by atoms with Gasteiger partial charge in [0.2, 0.25) is 5.78 Å². The molecular formula is C19H16O6. The lowest BCUT2D eigenvalue weighted by atomic mass is 10.1. The van der Waals surface area contributed by atoms with Gasteiger partial charge in [0.15, 0.2) is 17.3 Å². The molecule has 1 aliphatic heterocycles. The Morgan fingerprint density at radius 3 is 2.76 bits per heavy atom. The molecule has 1 N–H and O–H groups in total. The Morgan fingerprint density at radius 1 is 1.28 bits per heavy atom. The van der Waals surface area contributed by atoms with Crippen molar-refractivity contribution in [3.63, 3.8) is 0 Å². The van der Waals surface area contributed by atoms with Gasteiger partial charge in [0, 0.05) is 5.56 Å². The molecule has 128 valence electrons. The van der Waals surface area contributed by atoms with E-state index >= 15 is 0 Å². The molecule has 1 heterocycles. The third kappa shape index (κ3) is 3.06. The molecule has 0 fully saturated rings. The molecule has 6 heteroatoms. The van der Waals surface area contributed by atoms with E-state index in [2.05, 4.69) is 0 Å². The van der Waals surface area contributed by atoms with Crippen molar-refractivity contribution in [1.82, 2.24) is 0 Å². The number of rotatable bonds is 5. The summed E-state index contributed by atoms with van der Waals surface area (Å²) in [6.07, 6.45) is 1.56. The van der Waals surface area contributed by atoms with Gasteiger partial charge in [-0.1, -0.05) is 12.1 Å². The maximum atomic E-state index is 12.5. The number of carbonyl (C=O) groups is 2. The van der Waals surface area contributed by atoms with Crippen LogP contribution in [0.15, 0.2) is 42.2 Å². The summed E-state index contributed by atoms with van der Waals surface area (Å²) in [4.78, 5) is 23.6. The first-order valence-electron chi connectivity index (χ1n) is 7.66. The molecule has 0 amide bonds. The van der Waals surface area contributed by atoms with E-state index in [0.717, 1.165) is 0 Å². The first-order valence-corrected chi connectivity index (χ1v) is 7.66. The Bertz CT molecular complexity index is 881. The van der Waals surface area contributed by atoms with Crippen molar-refractivity contribution >= 4 is 17.8 Å². The standard InChI is InChI=1S/C19H16O6/c1-3-24-15-6-4-5-11(18(15)23-2)10-16-17(20)13-9-12(19(21)22)7-8-14(13)25-16/h4-10H,3H2,1-2H3,(H,21,22). The van der Waals surface area contributed by atoms with Crippen LogP contribution in [0.3, 0.4) is 0 Å². The van der Waals surface area contributed by atoms with E-state index in [4.69, 9.17) is 19.3 Å². The van der Waals surface area contributed by atoms with Gasteiger partial charge in [0.1, 0.15) is 5.75 Å². The van der Waals surface area contributed by atoms with Crippen molar-refractivity contribution in [3.8, 4) is 17.2 Å². The van der Waals surface area contributed by atoms with Gasteiger partial charge in [-0.05, 0) is 37.3 Å². The molecule has 0 unspecified atom stereocenters. The number of allylic oxidation sites excluding steroid dienone is 1. The number of fused-ring (bicyclic) bond motifs is 1. The van der Waals surface area contributed by atoms with Crippen LogP contribution < -0.4 is 14.2 Å². The van der Waals surface area contributed by atoms with Crippen molar-refractivity contribution in [2.45, 2.75) is 6.92 Å². The van der Waals surface area contributed by atoms with Crippen LogP contribution in [0.1, 0.15) is 33.2 Å². The minimum Gasteiger partial charge on any atom is -0.492 e. The molecule has 3 rings (SSSR count). The quantitative estimate of drug-likeness (QED) is 0.840. The van der Waals surface area contributed by atoms with Crippen LogP contribution in [-0.4, -0.2) is 30.6 Å². The molecule has 0 aliphatic carbocycles. The van der Waals surface area contributed by atoms with E-state index in [0.29, 0.717) is 29.4 Å². The number of hydrogen-bond acceptors (Lipinski definition) is 5. The Balaban J connectivity index is 2.00. The van der Waals surface area contributed by atoms with Crippen molar-refractivity contribution in [2.24, 2.45) is 0 Å². The van der Waals surface area contributed by atoms with Crippen LogP contribution >= 0.6 is 0 Å². The van der Waals surface area contributed by atoms with Gasteiger partial charge < -0.3 is 19.3 Å². The fraction of sp³-hybridized carbons (Fsp3) is 0.158. The zero-order chi connectivity index (χ0) is 18.0. The molecule has 0 atom stereocenters. The number of hydrogen-bond donors (Lipinski definition) is 1. The molecule has 25 heavy (non-hydrogen) atoms. The van der Waals surface area contributed by atoms with Gasteiger partial charge >= 0.3 is 5.97 Å². The minimum absolute atomic E-state index is 0.0351. The van der Waals surface area contributed by atoms with Crippen LogP contribution in [0, 0.1) is 0 Å². The van der Waals surface area contributed by atoms with Crippen molar-refractivity contribution in [3.05, 3.63) is 58.8 Å². The number of methoxy groups -OCH3 is 1. The number of carboxylic acid groups (broad SMARTS) is 1. The van der Waals surface area contributed by atoms with Gasteiger partial charge in [0.25, 0.3) is 0 Å². The maximum absolute atomic E-state index is 12.5. The first-order chi connectivity index (χ1) is 12.0. The second-order valence-electron chi connectivity index (χ2n) is 5.27. The molecular weight excluding hydrogens is 324 g/mol. The molecule has 2 aromatic rings. The number of aromatic carboxylic acids is 1. The highest BCUT2D eigenvalue weighted by Crippen LogP contribution is 2.36. The number of benzene rings is 2. The third-order valence-corrected chi connectivity index (χ3v) is 3.71. The van der Waals surface area contributed by atoms with E-state index < -0.39 is 5.97 Å². The van der Waals surface area contributed by atoms with E-state index in [1.165, 1.54) is 25.3 Å². The SMILES string of the molecule is CCOc1cccc(C=C2Oc3ccc(C(=O)O)cc3C2=O)c1OC. The normalized spacial score (nSPS) is 14.2. The number of ether oxygens (including phenoxy) is 3. The third-order valence-electron chi connectivity index (χ3n) is 3.71. The van der Waals surface area contributed by atoms with Gasteiger partial charge in [0.05, 0.1) is 24.8 Å². The highest BCUT2D eigenvalue weighted by molar-refractivity contribution is 6.15. The zero-order valence-corrected chi connectivity index (χ0v) is 13.7. The smallest absolute Gasteiger partial charge is 0.335 e. The van der Waals surface area contributed by atoms with E-state index in [9.17, 15) is 9.59 Å². The van der Waals surface area contributed by atoms with Crippen molar-refractivity contribution in [1.29, 1.82) is 0 Å². The van der Waals surface area contributed by atoms with Gasteiger partial charge in [-0.15, -0.1) is 0 Å². The Kier molecular flexibility index (Phi) is 4.43. The highest BCUT2D eigenvalue weighted by Gasteiger charge is 2.28. The van der Waals surface area contributed by atoms with Gasteiger partial charge in [-0.3, -0.25) is 4.79 Å². The number of carbonyl (C=O) groups excluding carboxylic acids is 1. The van der Waals surface area contributed by atoms with Gasteiger partial charge in [-0.25, -0.2) is 4.79 Å². The molecule has 2 aromatic carbocycles. The molecule has 0 radical (unpaired) electrons. The van der Waals surface area contributed by atoms with Crippen molar-refractivity contribution < 1.29 is 28.9 Å². The lowest BCUT2D eigenvalue weighted by Crippen LogP contribution is -2.01. The summed E-state index contributed by atoms with van der Waals surface area (Å²) in [6, 6.07) is 9.52. The first kappa shape index (κ1) is 16.6. The molecule has 6 nitrogen and oxygen atoms in total.